The Bertz CT molecular complexity index is 1100. The molecule has 6 nitrogen and oxygen atoms in total. The Labute approximate surface area is 153 Å². The van der Waals surface area contributed by atoms with Crippen LogP contribution >= 0.6 is 11.3 Å². The molecule has 130 valence electrons. The van der Waals surface area contributed by atoms with E-state index in [4.69, 9.17) is 20.2 Å². The minimum absolute atomic E-state index is 0.0668. The van der Waals surface area contributed by atoms with Crippen molar-refractivity contribution in [3.05, 3.63) is 53.5 Å². The zero-order chi connectivity index (χ0) is 17.7. The summed E-state index contributed by atoms with van der Waals surface area (Å²) in [5, 5.41) is 2.06. The number of fused-ring (bicyclic) bond motifs is 2. The van der Waals surface area contributed by atoms with Crippen LogP contribution in [0, 0.1) is 0 Å². The monoisotopic (exact) mass is 364 g/mol. The third kappa shape index (κ3) is 2.28. The van der Waals surface area contributed by atoms with Crippen molar-refractivity contribution < 1.29 is 9.47 Å². The molecule has 0 saturated heterocycles. The standard InChI is InChI=1S/C19H16N4O2S/c1-24-16-6-7-23-18(15-3-2-8-26-15)17(22-19(23)21-16)11-4-5-12-13(20)10-25-14(12)9-11/h2-9,13H,10,20H2,1H3/t13-/m0/s1. The Morgan fingerprint density at radius 2 is 2.19 bits per heavy atom. The van der Waals surface area contributed by atoms with Gasteiger partial charge in [0.05, 0.1) is 29.4 Å². The number of nitrogens with two attached hydrogens (primary N) is 1. The highest BCUT2D eigenvalue weighted by Crippen LogP contribution is 2.39. The number of imidazole rings is 1. The van der Waals surface area contributed by atoms with Gasteiger partial charge in [-0.1, -0.05) is 18.2 Å². The zero-order valence-corrected chi connectivity index (χ0v) is 14.9. The third-order valence-electron chi connectivity index (χ3n) is 4.54. The molecule has 3 aromatic heterocycles. The summed E-state index contributed by atoms with van der Waals surface area (Å²) in [6, 6.07) is 12.0. The molecule has 1 aromatic carbocycles. The molecule has 5 rings (SSSR count). The van der Waals surface area contributed by atoms with E-state index in [1.165, 1.54) is 0 Å². The Balaban J connectivity index is 1.76. The van der Waals surface area contributed by atoms with E-state index >= 15 is 0 Å². The van der Waals surface area contributed by atoms with Crippen LogP contribution in [-0.2, 0) is 0 Å². The van der Waals surface area contributed by atoms with Crippen molar-refractivity contribution in [2.45, 2.75) is 6.04 Å². The van der Waals surface area contributed by atoms with Crippen LogP contribution in [0.2, 0.25) is 0 Å². The minimum atomic E-state index is -0.0668. The molecule has 4 heterocycles. The fourth-order valence-electron chi connectivity index (χ4n) is 3.26. The van der Waals surface area contributed by atoms with Gasteiger partial charge in [0.2, 0.25) is 11.7 Å². The van der Waals surface area contributed by atoms with Crippen molar-refractivity contribution >= 4 is 17.1 Å². The smallest absolute Gasteiger partial charge is 0.238 e. The lowest BCUT2D eigenvalue weighted by Crippen LogP contribution is -2.10. The van der Waals surface area contributed by atoms with Crippen LogP contribution in [0.3, 0.4) is 0 Å². The van der Waals surface area contributed by atoms with E-state index in [2.05, 4.69) is 16.4 Å². The van der Waals surface area contributed by atoms with Crippen LogP contribution in [0.25, 0.3) is 27.6 Å². The van der Waals surface area contributed by atoms with Crippen LogP contribution in [0.1, 0.15) is 11.6 Å². The van der Waals surface area contributed by atoms with E-state index in [9.17, 15) is 0 Å². The second-order valence-corrected chi connectivity index (χ2v) is 7.04. The zero-order valence-electron chi connectivity index (χ0n) is 14.0. The van der Waals surface area contributed by atoms with Crippen molar-refractivity contribution in [3.8, 4) is 33.5 Å². The van der Waals surface area contributed by atoms with Crippen molar-refractivity contribution in [2.75, 3.05) is 13.7 Å². The van der Waals surface area contributed by atoms with E-state index in [0.717, 1.165) is 33.1 Å². The highest BCUT2D eigenvalue weighted by atomic mass is 32.1. The molecule has 0 unspecified atom stereocenters. The first-order valence-corrected chi connectivity index (χ1v) is 9.12. The van der Waals surface area contributed by atoms with Gasteiger partial charge in [0, 0.05) is 23.4 Å². The van der Waals surface area contributed by atoms with Crippen LogP contribution in [0.5, 0.6) is 11.6 Å². The Morgan fingerprint density at radius 3 is 3.00 bits per heavy atom. The number of ether oxygens (including phenoxy) is 2. The van der Waals surface area contributed by atoms with Gasteiger partial charge in [-0.05, 0) is 17.5 Å². The number of rotatable bonds is 3. The van der Waals surface area contributed by atoms with Gasteiger partial charge >= 0.3 is 0 Å². The number of benzene rings is 1. The van der Waals surface area contributed by atoms with Crippen molar-refractivity contribution in [2.24, 2.45) is 5.73 Å². The number of nitrogens with zero attached hydrogens (tertiary/aromatic N) is 3. The molecular weight excluding hydrogens is 348 g/mol. The van der Waals surface area contributed by atoms with Gasteiger partial charge in [-0.3, -0.25) is 4.40 Å². The van der Waals surface area contributed by atoms with Crippen molar-refractivity contribution in [1.29, 1.82) is 0 Å². The van der Waals surface area contributed by atoms with Gasteiger partial charge in [0.15, 0.2) is 0 Å². The Hall–Kier alpha value is -2.90. The lowest BCUT2D eigenvalue weighted by Gasteiger charge is -2.06. The first-order chi connectivity index (χ1) is 12.7. The maximum absolute atomic E-state index is 6.07. The maximum atomic E-state index is 6.07. The van der Waals surface area contributed by atoms with Gasteiger partial charge < -0.3 is 15.2 Å². The molecule has 1 aliphatic heterocycles. The summed E-state index contributed by atoms with van der Waals surface area (Å²) in [7, 11) is 1.60. The fraction of sp³-hybridized carbons (Fsp3) is 0.158. The second kappa shape index (κ2) is 5.82. The highest BCUT2D eigenvalue weighted by Gasteiger charge is 2.23. The molecule has 0 saturated carbocycles. The number of hydrogen-bond acceptors (Lipinski definition) is 6. The van der Waals surface area contributed by atoms with E-state index in [-0.39, 0.29) is 6.04 Å². The molecular formula is C19H16N4O2S. The SMILES string of the molecule is COc1ccn2c(-c3cccs3)c(-c3ccc4c(c3)OC[C@@H]4N)nc2n1. The average molecular weight is 364 g/mol. The van der Waals surface area contributed by atoms with Crippen LogP contribution in [0.4, 0.5) is 0 Å². The van der Waals surface area contributed by atoms with Gasteiger partial charge in [0.25, 0.3) is 0 Å². The third-order valence-corrected chi connectivity index (χ3v) is 5.41. The summed E-state index contributed by atoms with van der Waals surface area (Å²) in [4.78, 5) is 10.4. The summed E-state index contributed by atoms with van der Waals surface area (Å²) in [6.45, 7) is 0.514. The second-order valence-electron chi connectivity index (χ2n) is 6.10. The van der Waals surface area contributed by atoms with Crippen LogP contribution in [-0.4, -0.2) is 28.1 Å². The van der Waals surface area contributed by atoms with Gasteiger partial charge in [-0.2, -0.15) is 4.98 Å². The Morgan fingerprint density at radius 1 is 1.27 bits per heavy atom. The number of thiophene rings is 1. The summed E-state index contributed by atoms with van der Waals surface area (Å²) >= 11 is 1.67. The summed E-state index contributed by atoms with van der Waals surface area (Å²) in [5.74, 6) is 1.96. The van der Waals surface area contributed by atoms with Crippen molar-refractivity contribution in [1.82, 2.24) is 14.4 Å². The number of methoxy groups -OCH3 is 1. The van der Waals surface area contributed by atoms with Crippen LogP contribution in [0.15, 0.2) is 48.0 Å². The molecule has 4 aromatic rings. The van der Waals surface area contributed by atoms with Gasteiger partial charge in [-0.15, -0.1) is 11.3 Å². The molecule has 0 aliphatic carbocycles. The lowest BCUT2D eigenvalue weighted by molar-refractivity contribution is 0.333. The van der Waals surface area contributed by atoms with Gasteiger partial charge in [0.1, 0.15) is 12.4 Å². The molecule has 1 aliphatic rings. The Kier molecular flexibility index (Phi) is 3.44. The fourth-order valence-corrected chi connectivity index (χ4v) is 4.03. The summed E-state index contributed by atoms with van der Waals surface area (Å²) < 4.78 is 13.0. The molecule has 0 radical (unpaired) electrons. The number of aromatic nitrogens is 3. The molecule has 0 fully saturated rings. The van der Waals surface area contributed by atoms with Crippen molar-refractivity contribution in [3.63, 3.8) is 0 Å². The first-order valence-electron chi connectivity index (χ1n) is 8.24. The van der Waals surface area contributed by atoms with Gasteiger partial charge in [-0.25, -0.2) is 4.98 Å². The molecule has 26 heavy (non-hydrogen) atoms. The molecule has 2 N–H and O–H groups in total. The van der Waals surface area contributed by atoms with E-state index in [1.807, 2.05) is 40.9 Å². The topological polar surface area (TPSA) is 74.7 Å². The minimum Gasteiger partial charge on any atom is -0.491 e. The maximum Gasteiger partial charge on any atom is 0.238 e. The molecule has 0 amide bonds. The van der Waals surface area contributed by atoms with E-state index in [0.29, 0.717) is 18.3 Å². The molecule has 1 atom stereocenters. The van der Waals surface area contributed by atoms with E-state index < -0.39 is 0 Å². The van der Waals surface area contributed by atoms with Crippen LogP contribution < -0.4 is 15.2 Å². The predicted octanol–water partition coefficient (Wildman–Crippen LogP) is 3.53. The quantitative estimate of drug-likeness (QED) is 0.602. The molecule has 0 bridgehead atoms. The normalized spacial score (nSPS) is 15.8. The molecule has 7 heteroatoms. The summed E-state index contributed by atoms with van der Waals surface area (Å²) in [5.41, 5.74) is 9.95. The van der Waals surface area contributed by atoms with E-state index in [1.54, 1.807) is 18.4 Å². The summed E-state index contributed by atoms with van der Waals surface area (Å²) in [6.07, 6.45) is 1.94. The highest BCUT2D eigenvalue weighted by molar-refractivity contribution is 7.13. The largest absolute Gasteiger partial charge is 0.491 e. The average Bonchev–Trinajstić information content (AvgIpc) is 3.39. The molecule has 0 spiro atoms. The predicted molar refractivity (Wildman–Crippen MR) is 101 cm³/mol. The lowest BCUT2D eigenvalue weighted by atomic mass is 10.0. The number of hydrogen-bond donors (Lipinski definition) is 1. The first kappa shape index (κ1) is 15.4.